The minimum atomic E-state index is -4.53. The first-order valence-electron chi connectivity index (χ1n) is 4.13. The molecule has 1 rings (SSSR count). The second-order valence-corrected chi connectivity index (χ2v) is 3.36. The van der Waals surface area contributed by atoms with Gasteiger partial charge in [0.2, 0.25) is 0 Å². The SMILES string of the molecule is N#CC(CO)c1ncc(C(F)(F)F)cc1Cl. The lowest BCUT2D eigenvalue weighted by Gasteiger charge is -2.10. The summed E-state index contributed by atoms with van der Waals surface area (Å²) in [6.45, 7) is -0.547. The van der Waals surface area contributed by atoms with E-state index in [2.05, 4.69) is 4.98 Å². The molecule has 1 unspecified atom stereocenters. The van der Waals surface area contributed by atoms with E-state index in [0.717, 1.165) is 0 Å². The molecule has 1 aromatic rings. The van der Waals surface area contributed by atoms with Crippen molar-refractivity contribution >= 4 is 11.6 Å². The van der Waals surface area contributed by atoms with E-state index >= 15 is 0 Å². The summed E-state index contributed by atoms with van der Waals surface area (Å²) >= 11 is 5.56. The molecule has 16 heavy (non-hydrogen) atoms. The Bertz CT molecular complexity index is 428. The number of aliphatic hydroxyl groups is 1. The number of aromatic nitrogens is 1. The molecule has 0 saturated heterocycles. The molecule has 86 valence electrons. The Morgan fingerprint density at radius 2 is 2.19 bits per heavy atom. The van der Waals surface area contributed by atoms with Gasteiger partial charge in [-0.25, -0.2) is 0 Å². The van der Waals surface area contributed by atoms with Crippen molar-refractivity contribution in [3.8, 4) is 6.07 Å². The zero-order valence-electron chi connectivity index (χ0n) is 7.79. The Kier molecular flexibility index (Phi) is 3.73. The van der Waals surface area contributed by atoms with E-state index in [1.54, 1.807) is 6.07 Å². The van der Waals surface area contributed by atoms with E-state index in [4.69, 9.17) is 22.0 Å². The summed E-state index contributed by atoms with van der Waals surface area (Å²) < 4.78 is 36.8. The van der Waals surface area contributed by atoms with Crippen LogP contribution in [-0.4, -0.2) is 16.7 Å². The maximum atomic E-state index is 12.3. The summed E-state index contributed by atoms with van der Waals surface area (Å²) in [7, 11) is 0. The van der Waals surface area contributed by atoms with Gasteiger partial charge >= 0.3 is 6.18 Å². The number of pyridine rings is 1. The number of hydrogen-bond acceptors (Lipinski definition) is 3. The van der Waals surface area contributed by atoms with Crippen LogP contribution in [0.25, 0.3) is 0 Å². The molecule has 0 aliphatic heterocycles. The smallest absolute Gasteiger partial charge is 0.395 e. The normalized spacial score (nSPS) is 13.2. The standard InChI is InChI=1S/C9H6ClF3N2O/c10-7-1-6(9(11,12)13)3-15-8(7)5(2-14)4-16/h1,3,5,16H,4H2. The first-order chi connectivity index (χ1) is 7.40. The summed E-state index contributed by atoms with van der Waals surface area (Å²) in [6.07, 6.45) is -3.95. The van der Waals surface area contributed by atoms with Crippen LogP contribution in [0.3, 0.4) is 0 Å². The number of halogens is 4. The predicted octanol–water partition coefficient (Wildman–Crippen LogP) is 2.35. The minimum absolute atomic E-state index is 0.0559. The van der Waals surface area contributed by atoms with E-state index in [1.807, 2.05) is 0 Å². The molecule has 1 atom stereocenters. The monoisotopic (exact) mass is 250 g/mol. The van der Waals surface area contributed by atoms with Crippen LogP contribution in [0.4, 0.5) is 13.2 Å². The molecular formula is C9H6ClF3N2O. The first-order valence-corrected chi connectivity index (χ1v) is 4.51. The van der Waals surface area contributed by atoms with Crippen LogP contribution in [0.5, 0.6) is 0 Å². The number of nitriles is 1. The third-order valence-electron chi connectivity index (χ3n) is 1.87. The molecule has 3 nitrogen and oxygen atoms in total. The highest BCUT2D eigenvalue weighted by atomic mass is 35.5. The van der Waals surface area contributed by atoms with Crippen LogP contribution in [0.1, 0.15) is 17.2 Å². The van der Waals surface area contributed by atoms with E-state index < -0.39 is 24.3 Å². The molecule has 0 saturated carbocycles. The molecule has 0 radical (unpaired) electrons. The topological polar surface area (TPSA) is 56.9 Å². The second-order valence-electron chi connectivity index (χ2n) is 2.95. The van der Waals surface area contributed by atoms with E-state index in [0.29, 0.717) is 12.3 Å². The van der Waals surface area contributed by atoms with Crippen molar-refractivity contribution in [3.05, 3.63) is 28.5 Å². The van der Waals surface area contributed by atoms with Gasteiger partial charge in [0, 0.05) is 6.20 Å². The molecule has 0 amide bonds. The number of rotatable bonds is 2. The van der Waals surface area contributed by atoms with Crippen molar-refractivity contribution < 1.29 is 18.3 Å². The fraction of sp³-hybridized carbons (Fsp3) is 0.333. The van der Waals surface area contributed by atoms with Gasteiger partial charge in [0.25, 0.3) is 0 Å². The third-order valence-corrected chi connectivity index (χ3v) is 2.17. The molecule has 1 N–H and O–H groups in total. The summed E-state index contributed by atoms with van der Waals surface area (Å²) in [5.41, 5.74) is -1.05. The van der Waals surface area contributed by atoms with Gasteiger partial charge in [-0.3, -0.25) is 4.98 Å². The number of nitrogens with zero attached hydrogens (tertiary/aromatic N) is 2. The van der Waals surface area contributed by atoms with Crippen LogP contribution in [-0.2, 0) is 6.18 Å². The van der Waals surface area contributed by atoms with Crippen LogP contribution >= 0.6 is 11.6 Å². The Morgan fingerprint density at radius 1 is 1.56 bits per heavy atom. The number of aliphatic hydroxyl groups excluding tert-OH is 1. The highest BCUT2D eigenvalue weighted by Crippen LogP contribution is 2.32. The molecular weight excluding hydrogens is 245 g/mol. The summed E-state index contributed by atoms with van der Waals surface area (Å²) in [5, 5.41) is 17.1. The largest absolute Gasteiger partial charge is 0.417 e. The van der Waals surface area contributed by atoms with Gasteiger partial charge in [0.1, 0.15) is 5.92 Å². The summed E-state index contributed by atoms with van der Waals surface area (Å²) in [5.74, 6) is -1.02. The van der Waals surface area contributed by atoms with Crippen molar-refractivity contribution in [1.82, 2.24) is 4.98 Å². The lowest BCUT2D eigenvalue weighted by Crippen LogP contribution is -2.09. The van der Waals surface area contributed by atoms with E-state index in [-0.39, 0.29) is 10.7 Å². The third kappa shape index (κ3) is 2.62. The molecule has 0 aliphatic carbocycles. The molecule has 1 heterocycles. The van der Waals surface area contributed by atoms with Gasteiger partial charge in [0.05, 0.1) is 29.0 Å². The van der Waals surface area contributed by atoms with Crippen molar-refractivity contribution in [3.63, 3.8) is 0 Å². The Balaban J connectivity index is 3.15. The fourth-order valence-electron chi connectivity index (χ4n) is 1.05. The lowest BCUT2D eigenvalue weighted by atomic mass is 10.1. The minimum Gasteiger partial charge on any atom is -0.395 e. The van der Waals surface area contributed by atoms with Crippen LogP contribution < -0.4 is 0 Å². The van der Waals surface area contributed by atoms with Crippen molar-refractivity contribution in [2.45, 2.75) is 12.1 Å². The number of alkyl halides is 3. The lowest BCUT2D eigenvalue weighted by molar-refractivity contribution is -0.137. The molecule has 0 aromatic carbocycles. The first kappa shape index (κ1) is 12.7. The summed E-state index contributed by atoms with van der Waals surface area (Å²) in [6, 6.07) is 2.37. The van der Waals surface area contributed by atoms with Crippen molar-refractivity contribution in [2.24, 2.45) is 0 Å². The van der Waals surface area contributed by atoms with Gasteiger partial charge < -0.3 is 5.11 Å². The average Bonchev–Trinajstić information content (AvgIpc) is 2.20. The Labute approximate surface area is 94.1 Å². The summed E-state index contributed by atoms with van der Waals surface area (Å²) in [4.78, 5) is 3.45. The molecule has 0 aliphatic rings. The van der Waals surface area contributed by atoms with Gasteiger partial charge in [-0.1, -0.05) is 11.6 Å². The zero-order valence-corrected chi connectivity index (χ0v) is 8.55. The maximum absolute atomic E-state index is 12.3. The van der Waals surface area contributed by atoms with Gasteiger partial charge in [-0.15, -0.1) is 0 Å². The van der Waals surface area contributed by atoms with Gasteiger partial charge in [-0.2, -0.15) is 18.4 Å². The highest BCUT2D eigenvalue weighted by Gasteiger charge is 2.32. The van der Waals surface area contributed by atoms with Crippen LogP contribution in [0, 0.1) is 11.3 Å². The highest BCUT2D eigenvalue weighted by molar-refractivity contribution is 6.31. The second kappa shape index (κ2) is 4.68. The van der Waals surface area contributed by atoms with Gasteiger partial charge in [0.15, 0.2) is 0 Å². The predicted molar refractivity (Wildman–Crippen MR) is 49.7 cm³/mol. The maximum Gasteiger partial charge on any atom is 0.417 e. The molecule has 7 heteroatoms. The zero-order chi connectivity index (χ0) is 12.3. The van der Waals surface area contributed by atoms with E-state index in [1.165, 1.54) is 0 Å². The molecule has 0 fully saturated rings. The fourth-order valence-corrected chi connectivity index (χ4v) is 1.35. The van der Waals surface area contributed by atoms with E-state index in [9.17, 15) is 13.2 Å². The van der Waals surface area contributed by atoms with Crippen LogP contribution in [0.15, 0.2) is 12.3 Å². The average molecular weight is 251 g/mol. The van der Waals surface area contributed by atoms with Crippen molar-refractivity contribution in [1.29, 1.82) is 5.26 Å². The van der Waals surface area contributed by atoms with Crippen molar-refractivity contribution in [2.75, 3.05) is 6.61 Å². The Hall–Kier alpha value is -1.32. The number of hydrogen-bond donors (Lipinski definition) is 1. The molecule has 0 bridgehead atoms. The van der Waals surface area contributed by atoms with Gasteiger partial charge in [-0.05, 0) is 6.07 Å². The quantitative estimate of drug-likeness (QED) is 0.877. The van der Waals surface area contributed by atoms with Crippen LogP contribution in [0.2, 0.25) is 5.02 Å². The molecule has 0 spiro atoms. The molecule has 1 aromatic heterocycles. The Morgan fingerprint density at radius 3 is 2.56 bits per heavy atom.